The Labute approximate surface area is 171 Å². The van der Waals surface area contributed by atoms with E-state index in [1.165, 1.54) is 12.4 Å². The van der Waals surface area contributed by atoms with Crippen molar-refractivity contribution in [1.29, 1.82) is 5.26 Å². The predicted molar refractivity (Wildman–Crippen MR) is 104 cm³/mol. The molecule has 1 amide bonds. The van der Waals surface area contributed by atoms with Gasteiger partial charge in [-0.05, 0) is 37.9 Å². The summed E-state index contributed by atoms with van der Waals surface area (Å²) in [5.41, 5.74) is 1.51. The van der Waals surface area contributed by atoms with E-state index in [1.807, 2.05) is 6.07 Å². The summed E-state index contributed by atoms with van der Waals surface area (Å²) in [4.78, 5) is 22.5. The minimum atomic E-state index is -4.39. The first-order chi connectivity index (χ1) is 14.4. The molecule has 0 bridgehead atoms. The van der Waals surface area contributed by atoms with Crippen molar-refractivity contribution >= 4 is 22.6 Å². The van der Waals surface area contributed by atoms with Crippen molar-refractivity contribution in [3.05, 3.63) is 30.1 Å². The van der Waals surface area contributed by atoms with Gasteiger partial charge in [0.2, 0.25) is 5.91 Å². The SMILES string of the molecule is N#Cc1ccc(N2C[C@H](NC(=O)C3CCCN3)C[C@H](C(F)(F)F)C2)c2nccnc12. The largest absolute Gasteiger partial charge is 0.393 e. The molecule has 3 atom stereocenters. The standard InChI is InChI=1S/C20H21F3N6O/c21-20(22,23)13-8-14(28-19(30)15-2-1-5-25-15)11-29(10-13)16-4-3-12(9-24)17-18(16)27-7-6-26-17/h3-4,6-7,13-15,25H,1-2,5,8,10-11H2,(H,28,30)/t13-,14+,15?/m0/s1. The van der Waals surface area contributed by atoms with Gasteiger partial charge in [-0.2, -0.15) is 18.4 Å². The number of anilines is 1. The Morgan fingerprint density at radius 2 is 2.00 bits per heavy atom. The number of hydrogen-bond acceptors (Lipinski definition) is 6. The summed E-state index contributed by atoms with van der Waals surface area (Å²) in [6, 6.07) is 4.17. The number of fused-ring (bicyclic) bond motifs is 1. The van der Waals surface area contributed by atoms with Crippen molar-refractivity contribution in [2.45, 2.75) is 37.5 Å². The highest BCUT2D eigenvalue weighted by atomic mass is 19.4. The Hall–Kier alpha value is -2.93. The molecule has 1 unspecified atom stereocenters. The smallest absolute Gasteiger partial charge is 0.367 e. The van der Waals surface area contributed by atoms with Gasteiger partial charge in [-0.1, -0.05) is 0 Å². The minimum Gasteiger partial charge on any atom is -0.367 e. The number of halogens is 3. The van der Waals surface area contributed by atoms with Gasteiger partial charge in [-0.25, -0.2) is 0 Å². The number of aromatic nitrogens is 2. The van der Waals surface area contributed by atoms with Gasteiger partial charge in [0.05, 0.1) is 23.2 Å². The number of nitrogens with zero attached hydrogens (tertiary/aromatic N) is 4. The van der Waals surface area contributed by atoms with Crippen LogP contribution in [0.15, 0.2) is 24.5 Å². The third-order valence-electron chi connectivity index (χ3n) is 5.70. The number of piperidine rings is 1. The van der Waals surface area contributed by atoms with Crippen LogP contribution in [-0.4, -0.2) is 53.8 Å². The van der Waals surface area contributed by atoms with Gasteiger partial charge in [0.25, 0.3) is 0 Å². The maximum atomic E-state index is 13.7. The predicted octanol–water partition coefficient (Wildman–Crippen LogP) is 2.13. The number of amides is 1. The molecule has 2 fully saturated rings. The number of carbonyl (C=O) groups is 1. The van der Waals surface area contributed by atoms with Crippen LogP contribution in [0, 0.1) is 17.2 Å². The van der Waals surface area contributed by atoms with Crippen molar-refractivity contribution in [2.75, 3.05) is 24.5 Å². The topological polar surface area (TPSA) is 93.9 Å². The lowest BCUT2D eigenvalue weighted by molar-refractivity contribution is -0.178. The number of nitriles is 1. The summed E-state index contributed by atoms with van der Waals surface area (Å²) in [6.07, 6.45) is -0.112. The Morgan fingerprint density at radius 3 is 2.67 bits per heavy atom. The molecule has 2 aliphatic rings. The minimum absolute atomic E-state index is 0.168. The third kappa shape index (κ3) is 4.03. The molecular weight excluding hydrogens is 397 g/mol. The lowest BCUT2D eigenvalue weighted by Gasteiger charge is -2.40. The molecule has 1 aromatic heterocycles. The van der Waals surface area contributed by atoms with E-state index in [9.17, 15) is 23.2 Å². The summed E-state index contributed by atoms with van der Waals surface area (Å²) in [5.74, 6) is -1.85. The number of carbonyl (C=O) groups excluding carboxylic acids is 1. The number of rotatable bonds is 3. The molecule has 4 rings (SSSR count). The van der Waals surface area contributed by atoms with Crippen LogP contribution >= 0.6 is 0 Å². The Bertz CT molecular complexity index is 983. The average Bonchev–Trinajstić information content (AvgIpc) is 3.27. The van der Waals surface area contributed by atoms with Crippen molar-refractivity contribution < 1.29 is 18.0 Å². The number of hydrogen-bond donors (Lipinski definition) is 2. The Kier molecular flexibility index (Phi) is 5.47. The summed E-state index contributed by atoms with van der Waals surface area (Å²) in [6.45, 7) is 0.716. The van der Waals surface area contributed by atoms with Gasteiger partial charge in [0, 0.05) is 31.5 Å². The first-order valence-electron chi connectivity index (χ1n) is 9.86. The summed E-state index contributed by atoms with van der Waals surface area (Å²) in [5, 5.41) is 15.2. The molecular formula is C20H21F3N6O. The van der Waals surface area contributed by atoms with Crippen LogP contribution in [0.3, 0.4) is 0 Å². The fourth-order valence-corrected chi connectivity index (χ4v) is 4.24. The van der Waals surface area contributed by atoms with Crippen molar-refractivity contribution in [3.63, 3.8) is 0 Å². The molecule has 0 spiro atoms. The normalized spacial score (nSPS) is 24.6. The third-order valence-corrected chi connectivity index (χ3v) is 5.70. The summed E-state index contributed by atoms with van der Waals surface area (Å²) < 4.78 is 41.0. The second-order valence-electron chi connectivity index (χ2n) is 7.73. The Morgan fingerprint density at radius 1 is 1.23 bits per heavy atom. The van der Waals surface area contributed by atoms with Crippen LogP contribution in [0.5, 0.6) is 0 Å². The highest BCUT2D eigenvalue weighted by Crippen LogP contribution is 2.37. The van der Waals surface area contributed by atoms with Crippen LogP contribution in [0.2, 0.25) is 0 Å². The molecule has 0 saturated carbocycles. The number of benzene rings is 1. The monoisotopic (exact) mass is 418 g/mol. The zero-order valence-electron chi connectivity index (χ0n) is 16.1. The van der Waals surface area contributed by atoms with Gasteiger partial charge in [0.15, 0.2) is 0 Å². The van der Waals surface area contributed by atoms with Crippen LogP contribution < -0.4 is 15.5 Å². The maximum absolute atomic E-state index is 13.7. The highest BCUT2D eigenvalue weighted by Gasteiger charge is 2.45. The van der Waals surface area contributed by atoms with E-state index in [-0.39, 0.29) is 31.5 Å². The summed E-state index contributed by atoms with van der Waals surface area (Å²) in [7, 11) is 0. The molecule has 158 valence electrons. The molecule has 2 aromatic rings. The molecule has 30 heavy (non-hydrogen) atoms. The van der Waals surface area contributed by atoms with Crippen LogP contribution in [0.1, 0.15) is 24.8 Å². The second kappa shape index (κ2) is 8.07. The number of alkyl halides is 3. The second-order valence-corrected chi connectivity index (χ2v) is 7.73. The van der Waals surface area contributed by atoms with E-state index < -0.39 is 18.1 Å². The molecule has 7 nitrogen and oxygen atoms in total. The van der Waals surface area contributed by atoms with E-state index >= 15 is 0 Å². The van der Waals surface area contributed by atoms with Gasteiger partial charge >= 0.3 is 6.18 Å². The van der Waals surface area contributed by atoms with Crippen LogP contribution in [-0.2, 0) is 4.79 Å². The van der Waals surface area contributed by atoms with Gasteiger partial charge in [0.1, 0.15) is 17.1 Å². The van der Waals surface area contributed by atoms with Crippen LogP contribution in [0.25, 0.3) is 11.0 Å². The first-order valence-corrected chi connectivity index (χ1v) is 9.86. The molecule has 0 aliphatic carbocycles. The van der Waals surface area contributed by atoms with Crippen LogP contribution in [0.4, 0.5) is 18.9 Å². The quantitative estimate of drug-likeness (QED) is 0.793. The van der Waals surface area contributed by atoms with Crippen molar-refractivity contribution in [2.24, 2.45) is 5.92 Å². The molecule has 1 aromatic carbocycles. The molecule has 2 aliphatic heterocycles. The van der Waals surface area contributed by atoms with Crippen molar-refractivity contribution in [1.82, 2.24) is 20.6 Å². The van der Waals surface area contributed by atoms with Gasteiger partial charge in [-0.3, -0.25) is 14.8 Å². The molecule has 10 heteroatoms. The average molecular weight is 418 g/mol. The molecule has 2 saturated heterocycles. The van der Waals surface area contributed by atoms with Gasteiger partial charge in [-0.15, -0.1) is 0 Å². The lowest BCUT2D eigenvalue weighted by Crippen LogP contribution is -2.56. The van der Waals surface area contributed by atoms with Crippen molar-refractivity contribution in [3.8, 4) is 6.07 Å². The molecule has 0 radical (unpaired) electrons. The molecule has 2 N–H and O–H groups in total. The number of nitrogens with one attached hydrogen (secondary N) is 2. The van der Waals surface area contributed by atoms with E-state index in [2.05, 4.69) is 20.6 Å². The van der Waals surface area contributed by atoms with E-state index in [4.69, 9.17) is 0 Å². The van der Waals surface area contributed by atoms with Gasteiger partial charge < -0.3 is 15.5 Å². The maximum Gasteiger partial charge on any atom is 0.393 e. The highest BCUT2D eigenvalue weighted by molar-refractivity contribution is 5.92. The van der Waals surface area contributed by atoms with E-state index in [0.717, 1.165) is 13.0 Å². The fraction of sp³-hybridized carbons (Fsp3) is 0.500. The lowest BCUT2D eigenvalue weighted by atomic mass is 9.92. The molecule has 3 heterocycles. The van der Waals surface area contributed by atoms with E-state index in [0.29, 0.717) is 28.7 Å². The zero-order chi connectivity index (χ0) is 21.3. The van der Waals surface area contributed by atoms with E-state index in [1.54, 1.807) is 17.0 Å². The summed E-state index contributed by atoms with van der Waals surface area (Å²) >= 11 is 0. The zero-order valence-corrected chi connectivity index (χ0v) is 16.1. The first kappa shape index (κ1) is 20.3. The fourth-order valence-electron chi connectivity index (χ4n) is 4.24. The Balaban J connectivity index is 1.64.